The van der Waals surface area contributed by atoms with Gasteiger partial charge in [0.1, 0.15) is 5.82 Å². The van der Waals surface area contributed by atoms with Gasteiger partial charge in [-0.25, -0.2) is 4.98 Å². The van der Waals surface area contributed by atoms with Crippen molar-refractivity contribution >= 4 is 5.69 Å². The van der Waals surface area contributed by atoms with Crippen LogP contribution in [0.1, 0.15) is 18.3 Å². The fourth-order valence-corrected chi connectivity index (χ4v) is 1.62. The van der Waals surface area contributed by atoms with Crippen LogP contribution in [-0.2, 0) is 13.1 Å². The molecule has 0 aliphatic rings. The number of aryl methyl sites for hydroxylation is 2. The first-order valence-electron chi connectivity index (χ1n) is 5.45. The van der Waals surface area contributed by atoms with Gasteiger partial charge in [0.05, 0.1) is 18.4 Å². The van der Waals surface area contributed by atoms with E-state index in [1.54, 1.807) is 6.20 Å². The lowest BCUT2D eigenvalue weighted by molar-refractivity contribution is 0.708. The predicted octanol–water partition coefficient (Wildman–Crippen LogP) is 2.22. The second-order valence-corrected chi connectivity index (χ2v) is 3.67. The third-order valence-corrected chi connectivity index (χ3v) is 2.62. The lowest BCUT2D eigenvalue weighted by Crippen LogP contribution is -2.08. The number of pyridine rings is 1. The van der Waals surface area contributed by atoms with Crippen LogP contribution in [-0.4, -0.2) is 14.5 Å². The van der Waals surface area contributed by atoms with Gasteiger partial charge in [0.2, 0.25) is 0 Å². The topological polar surface area (TPSA) is 42.7 Å². The third kappa shape index (κ3) is 2.21. The number of imidazole rings is 1. The Morgan fingerprint density at radius 3 is 3.00 bits per heavy atom. The first-order chi connectivity index (χ1) is 7.81. The van der Waals surface area contributed by atoms with Crippen LogP contribution in [0.4, 0.5) is 5.69 Å². The molecule has 2 aromatic heterocycles. The normalized spacial score (nSPS) is 10.4. The summed E-state index contributed by atoms with van der Waals surface area (Å²) in [7, 11) is 0. The van der Waals surface area contributed by atoms with E-state index in [0.717, 1.165) is 24.6 Å². The monoisotopic (exact) mass is 216 g/mol. The summed E-state index contributed by atoms with van der Waals surface area (Å²) in [6, 6.07) is 1.99. The molecule has 4 nitrogen and oxygen atoms in total. The van der Waals surface area contributed by atoms with Crippen LogP contribution in [0.15, 0.2) is 30.9 Å². The summed E-state index contributed by atoms with van der Waals surface area (Å²) in [4.78, 5) is 8.41. The van der Waals surface area contributed by atoms with Gasteiger partial charge in [0.25, 0.3) is 0 Å². The zero-order valence-electron chi connectivity index (χ0n) is 9.64. The lowest BCUT2D eigenvalue weighted by atomic mass is 10.2. The summed E-state index contributed by atoms with van der Waals surface area (Å²) < 4.78 is 2.12. The highest BCUT2D eigenvalue weighted by atomic mass is 15.1. The fraction of sp³-hybridized carbons (Fsp3) is 0.333. The van der Waals surface area contributed by atoms with E-state index in [1.807, 2.05) is 24.7 Å². The molecule has 0 saturated carbocycles. The molecule has 0 radical (unpaired) electrons. The molecule has 2 rings (SSSR count). The molecule has 0 aromatic carbocycles. The van der Waals surface area contributed by atoms with Gasteiger partial charge >= 0.3 is 0 Å². The predicted molar refractivity (Wildman–Crippen MR) is 64.2 cm³/mol. The van der Waals surface area contributed by atoms with E-state index in [-0.39, 0.29) is 0 Å². The SMILES string of the molecule is CCn1ccnc1CNc1cnccc1C. The maximum Gasteiger partial charge on any atom is 0.128 e. The summed E-state index contributed by atoms with van der Waals surface area (Å²) >= 11 is 0. The van der Waals surface area contributed by atoms with Crippen molar-refractivity contribution < 1.29 is 0 Å². The molecule has 84 valence electrons. The van der Waals surface area contributed by atoms with Crippen molar-refractivity contribution in [2.24, 2.45) is 0 Å². The minimum Gasteiger partial charge on any atom is -0.376 e. The Kier molecular flexibility index (Phi) is 3.19. The number of hydrogen-bond donors (Lipinski definition) is 1. The van der Waals surface area contributed by atoms with Crippen LogP contribution < -0.4 is 5.32 Å². The van der Waals surface area contributed by atoms with Gasteiger partial charge < -0.3 is 9.88 Å². The lowest BCUT2D eigenvalue weighted by Gasteiger charge is -2.09. The zero-order valence-corrected chi connectivity index (χ0v) is 9.64. The van der Waals surface area contributed by atoms with Crippen molar-refractivity contribution in [2.45, 2.75) is 26.9 Å². The van der Waals surface area contributed by atoms with E-state index in [9.17, 15) is 0 Å². The van der Waals surface area contributed by atoms with Crippen molar-refractivity contribution in [3.63, 3.8) is 0 Å². The molecule has 0 bridgehead atoms. The Balaban J connectivity index is 2.05. The van der Waals surface area contributed by atoms with E-state index in [0.29, 0.717) is 0 Å². The second kappa shape index (κ2) is 4.79. The average molecular weight is 216 g/mol. The fourth-order valence-electron chi connectivity index (χ4n) is 1.62. The van der Waals surface area contributed by atoms with Crippen LogP contribution in [0, 0.1) is 6.92 Å². The van der Waals surface area contributed by atoms with E-state index in [2.05, 4.69) is 33.7 Å². The Labute approximate surface area is 95.4 Å². The standard InChI is InChI=1S/C12H16N4/c1-3-16-7-6-14-12(16)9-15-11-8-13-5-4-10(11)2/h4-8,15H,3,9H2,1-2H3. The Morgan fingerprint density at radius 2 is 2.25 bits per heavy atom. The number of aromatic nitrogens is 3. The molecule has 2 heterocycles. The van der Waals surface area contributed by atoms with Gasteiger partial charge in [-0.15, -0.1) is 0 Å². The number of hydrogen-bond acceptors (Lipinski definition) is 3. The van der Waals surface area contributed by atoms with Crippen LogP contribution >= 0.6 is 0 Å². The molecule has 0 aliphatic carbocycles. The maximum atomic E-state index is 4.31. The molecule has 0 aliphatic heterocycles. The molecule has 0 amide bonds. The van der Waals surface area contributed by atoms with E-state index in [1.165, 1.54) is 5.56 Å². The van der Waals surface area contributed by atoms with Crippen LogP contribution in [0.25, 0.3) is 0 Å². The molecule has 1 N–H and O–H groups in total. The summed E-state index contributed by atoms with van der Waals surface area (Å²) in [6.07, 6.45) is 7.46. The Morgan fingerprint density at radius 1 is 1.38 bits per heavy atom. The summed E-state index contributed by atoms with van der Waals surface area (Å²) in [5, 5.41) is 3.34. The average Bonchev–Trinajstić information content (AvgIpc) is 2.75. The Hall–Kier alpha value is -1.84. The van der Waals surface area contributed by atoms with Gasteiger partial charge in [-0.05, 0) is 25.5 Å². The minimum absolute atomic E-state index is 0.730. The molecule has 0 fully saturated rings. The summed E-state index contributed by atoms with van der Waals surface area (Å²) in [5.41, 5.74) is 2.26. The third-order valence-electron chi connectivity index (χ3n) is 2.62. The van der Waals surface area contributed by atoms with Gasteiger partial charge in [0.15, 0.2) is 0 Å². The molecule has 4 heteroatoms. The molecular formula is C12H16N4. The van der Waals surface area contributed by atoms with Crippen LogP contribution in [0.3, 0.4) is 0 Å². The number of nitrogens with one attached hydrogen (secondary N) is 1. The van der Waals surface area contributed by atoms with Crippen LogP contribution in [0.2, 0.25) is 0 Å². The van der Waals surface area contributed by atoms with Crippen LogP contribution in [0.5, 0.6) is 0 Å². The highest BCUT2D eigenvalue weighted by Crippen LogP contribution is 2.12. The molecular weight excluding hydrogens is 200 g/mol. The number of nitrogens with zero attached hydrogens (tertiary/aromatic N) is 3. The smallest absolute Gasteiger partial charge is 0.128 e. The second-order valence-electron chi connectivity index (χ2n) is 3.67. The number of rotatable bonds is 4. The quantitative estimate of drug-likeness (QED) is 0.852. The molecule has 0 saturated heterocycles. The molecule has 0 atom stereocenters. The zero-order chi connectivity index (χ0) is 11.4. The molecule has 0 spiro atoms. The molecule has 16 heavy (non-hydrogen) atoms. The highest BCUT2D eigenvalue weighted by molar-refractivity contribution is 5.47. The summed E-state index contributed by atoms with van der Waals surface area (Å²) in [6.45, 7) is 5.85. The van der Waals surface area contributed by atoms with Gasteiger partial charge in [-0.3, -0.25) is 4.98 Å². The minimum atomic E-state index is 0.730. The van der Waals surface area contributed by atoms with Crippen molar-refractivity contribution in [1.82, 2.24) is 14.5 Å². The van der Waals surface area contributed by atoms with E-state index >= 15 is 0 Å². The van der Waals surface area contributed by atoms with E-state index < -0.39 is 0 Å². The largest absolute Gasteiger partial charge is 0.376 e. The van der Waals surface area contributed by atoms with Crippen molar-refractivity contribution in [3.05, 3.63) is 42.2 Å². The highest BCUT2D eigenvalue weighted by Gasteiger charge is 2.02. The van der Waals surface area contributed by atoms with Gasteiger partial charge in [0, 0.05) is 25.1 Å². The molecule has 2 aromatic rings. The van der Waals surface area contributed by atoms with Crippen molar-refractivity contribution in [1.29, 1.82) is 0 Å². The Bertz CT molecular complexity index is 462. The first kappa shape index (κ1) is 10.7. The van der Waals surface area contributed by atoms with E-state index in [4.69, 9.17) is 0 Å². The molecule has 0 unspecified atom stereocenters. The van der Waals surface area contributed by atoms with Gasteiger partial charge in [-0.1, -0.05) is 0 Å². The number of anilines is 1. The first-order valence-corrected chi connectivity index (χ1v) is 5.45. The maximum absolute atomic E-state index is 4.31. The van der Waals surface area contributed by atoms with Crippen molar-refractivity contribution in [2.75, 3.05) is 5.32 Å². The summed E-state index contributed by atoms with van der Waals surface area (Å²) in [5.74, 6) is 1.05. The van der Waals surface area contributed by atoms with Crippen molar-refractivity contribution in [3.8, 4) is 0 Å². The van der Waals surface area contributed by atoms with Gasteiger partial charge in [-0.2, -0.15) is 0 Å².